The Morgan fingerprint density at radius 2 is 2.08 bits per heavy atom. The number of hydrogen-bond donors (Lipinski definition) is 2. The first-order valence-corrected chi connectivity index (χ1v) is 9.18. The van der Waals surface area contributed by atoms with Gasteiger partial charge < -0.3 is 10.6 Å². The van der Waals surface area contributed by atoms with Gasteiger partial charge in [0.05, 0.1) is 0 Å². The third-order valence-electron chi connectivity index (χ3n) is 5.03. The van der Waals surface area contributed by atoms with E-state index in [4.69, 9.17) is 11.6 Å². The van der Waals surface area contributed by atoms with Gasteiger partial charge in [-0.05, 0) is 48.8 Å². The van der Waals surface area contributed by atoms with E-state index >= 15 is 0 Å². The van der Waals surface area contributed by atoms with Gasteiger partial charge in [-0.1, -0.05) is 38.4 Å². The van der Waals surface area contributed by atoms with Crippen LogP contribution in [0, 0.1) is 11.3 Å². The third-order valence-corrected chi connectivity index (χ3v) is 5.27. The van der Waals surface area contributed by atoms with E-state index in [-0.39, 0.29) is 17.9 Å². The highest BCUT2D eigenvalue weighted by Crippen LogP contribution is 2.46. The molecule has 1 heterocycles. The summed E-state index contributed by atoms with van der Waals surface area (Å²) >= 11 is 5.90. The fourth-order valence-electron chi connectivity index (χ4n) is 4.56. The van der Waals surface area contributed by atoms with E-state index in [1.165, 1.54) is 0 Å². The lowest BCUT2D eigenvalue weighted by Gasteiger charge is -2.43. The smallest absolute Gasteiger partial charge is 0.324 e. The predicted molar refractivity (Wildman–Crippen MR) is 99.9 cm³/mol. The van der Waals surface area contributed by atoms with Crippen LogP contribution in [0.25, 0.3) is 0 Å². The van der Waals surface area contributed by atoms with E-state index in [0.29, 0.717) is 29.5 Å². The summed E-state index contributed by atoms with van der Waals surface area (Å²) in [6, 6.07) is 6.22. The summed E-state index contributed by atoms with van der Waals surface area (Å²) in [7, 11) is 0. The van der Waals surface area contributed by atoms with Crippen molar-refractivity contribution in [3.05, 3.63) is 29.3 Å². The average Bonchev–Trinajstić information content (AvgIpc) is 2.68. The Bertz CT molecular complexity index is 764. The van der Waals surface area contributed by atoms with Gasteiger partial charge in [0.2, 0.25) is 5.91 Å². The van der Waals surface area contributed by atoms with Crippen LogP contribution in [0.3, 0.4) is 0 Å². The van der Waals surface area contributed by atoms with Crippen molar-refractivity contribution in [2.24, 2.45) is 11.3 Å². The fourth-order valence-corrected chi connectivity index (χ4v) is 4.75. The number of rotatable bonds is 3. The Hall–Kier alpha value is -2.08. The van der Waals surface area contributed by atoms with Gasteiger partial charge in [-0.3, -0.25) is 14.5 Å². The van der Waals surface area contributed by atoms with Crippen molar-refractivity contribution < 1.29 is 14.4 Å². The maximum atomic E-state index is 13.0. The average molecular weight is 378 g/mol. The Labute approximate surface area is 158 Å². The molecule has 2 atom stereocenters. The van der Waals surface area contributed by atoms with Crippen molar-refractivity contribution in [3.8, 4) is 0 Å². The van der Waals surface area contributed by atoms with Crippen molar-refractivity contribution in [1.82, 2.24) is 10.2 Å². The molecule has 26 heavy (non-hydrogen) atoms. The maximum absolute atomic E-state index is 13.0. The van der Waals surface area contributed by atoms with E-state index in [2.05, 4.69) is 31.4 Å². The Morgan fingerprint density at radius 1 is 1.35 bits per heavy atom. The summed E-state index contributed by atoms with van der Waals surface area (Å²) < 4.78 is 0. The van der Waals surface area contributed by atoms with Gasteiger partial charge in [0.1, 0.15) is 12.1 Å². The van der Waals surface area contributed by atoms with Crippen LogP contribution < -0.4 is 10.6 Å². The summed E-state index contributed by atoms with van der Waals surface area (Å²) in [5.41, 5.74) is -0.412. The Kier molecular flexibility index (Phi) is 4.73. The Balaban J connectivity index is 1.72. The molecular formula is C19H24ClN3O3. The number of benzene rings is 1. The topological polar surface area (TPSA) is 78.5 Å². The normalized spacial score (nSPS) is 27.5. The molecule has 0 unspecified atom stereocenters. The van der Waals surface area contributed by atoms with E-state index in [9.17, 15) is 14.4 Å². The van der Waals surface area contributed by atoms with E-state index in [0.717, 1.165) is 11.3 Å². The molecule has 7 heteroatoms. The molecule has 1 aliphatic heterocycles. The molecule has 0 aromatic heterocycles. The van der Waals surface area contributed by atoms with Crippen LogP contribution in [0.15, 0.2) is 24.3 Å². The predicted octanol–water partition coefficient (Wildman–Crippen LogP) is 3.42. The van der Waals surface area contributed by atoms with Gasteiger partial charge in [-0.15, -0.1) is 0 Å². The number of nitrogens with one attached hydrogen (secondary N) is 2. The van der Waals surface area contributed by atoms with Crippen molar-refractivity contribution in [1.29, 1.82) is 0 Å². The molecule has 1 aromatic carbocycles. The van der Waals surface area contributed by atoms with Gasteiger partial charge in [-0.25, -0.2) is 4.79 Å². The number of urea groups is 1. The lowest BCUT2D eigenvalue weighted by molar-refractivity contribution is -0.136. The van der Waals surface area contributed by atoms with Crippen LogP contribution in [-0.2, 0) is 9.59 Å². The molecule has 2 fully saturated rings. The quantitative estimate of drug-likeness (QED) is 0.792. The second-order valence-electron chi connectivity index (χ2n) is 8.32. The Morgan fingerprint density at radius 3 is 2.73 bits per heavy atom. The first-order valence-electron chi connectivity index (χ1n) is 8.80. The molecule has 2 N–H and O–H groups in total. The molecule has 4 amide bonds. The molecule has 2 aliphatic rings. The molecule has 1 aromatic rings. The molecule has 140 valence electrons. The standard InChI is InChI=1S/C19H24ClN3O3/c1-12-8-18(2,3)11-19(9-12)16(25)23(17(26)22-19)10-15(24)21-14-6-4-5-13(20)7-14/h4-7,12H,8-11H2,1-3H3,(H,21,24)(H,22,26)/t12-,19+/m0/s1. The number of halogens is 1. The van der Waals surface area contributed by atoms with Crippen LogP contribution in [0.2, 0.25) is 5.02 Å². The monoisotopic (exact) mass is 377 g/mol. The minimum atomic E-state index is -0.894. The number of anilines is 1. The lowest BCUT2D eigenvalue weighted by atomic mass is 9.64. The largest absolute Gasteiger partial charge is 0.325 e. The molecule has 0 bridgehead atoms. The van der Waals surface area contributed by atoms with Crippen molar-refractivity contribution in [3.63, 3.8) is 0 Å². The van der Waals surface area contributed by atoms with Crippen LogP contribution in [0.1, 0.15) is 40.0 Å². The second kappa shape index (κ2) is 6.58. The molecule has 1 spiro atoms. The molecule has 1 aliphatic carbocycles. The number of amides is 4. The maximum Gasteiger partial charge on any atom is 0.325 e. The summed E-state index contributed by atoms with van der Waals surface area (Å²) in [5.74, 6) is -0.414. The zero-order valence-corrected chi connectivity index (χ0v) is 16.0. The summed E-state index contributed by atoms with van der Waals surface area (Å²) in [6.07, 6.45) is 2.20. The highest BCUT2D eigenvalue weighted by Gasteiger charge is 2.56. The first-order chi connectivity index (χ1) is 12.1. The number of nitrogens with zero attached hydrogens (tertiary/aromatic N) is 1. The summed E-state index contributed by atoms with van der Waals surface area (Å²) in [5, 5.41) is 6.04. The van der Waals surface area contributed by atoms with Gasteiger partial charge in [0.25, 0.3) is 5.91 Å². The summed E-state index contributed by atoms with van der Waals surface area (Å²) in [6.45, 7) is 6.00. The second-order valence-corrected chi connectivity index (χ2v) is 8.75. The number of carbonyl (C=O) groups excluding carboxylic acids is 3. The van der Waals surface area contributed by atoms with Crippen molar-refractivity contribution >= 4 is 35.1 Å². The first kappa shape index (κ1) is 18.7. The molecule has 6 nitrogen and oxygen atoms in total. The van der Waals surface area contributed by atoms with Crippen LogP contribution in [-0.4, -0.2) is 34.8 Å². The number of hydrogen-bond acceptors (Lipinski definition) is 3. The molecular weight excluding hydrogens is 354 g/mol. The third kappa shape index (κ3) is 3.70. The molecule has 1 saturated heterocycles. The SMILES string of the molecule is C[C@H]1CC(C)(C)C[C@@]2(C1)NC(=O)N(CC(=O)Nc1cccc(Cl)c1)C2=O. The van der Waals surface area contributed by atoms with Crippen LogP contribution >= 0.6 is 11.6 Å². The van der Waals surface area contributed by atoms with Gasteiger partial charge in [0.15, 0.2) is 0 Å². The molecule has 1 saturated carbocycles. The zero-order valence-electron chi connectivity index (χ0n) is 15.3. The highest BCUT2D eigenvalue weighted by atomic mass is 35.5. The zero-order chi connectivity index (χ0) is 19.1. The van der Waals surface area contributed by atoms with Crippen molar-refractivity contribution in [2.45, 2.75) is 45.6 Å². The van der Waals surface area contributed by atoms with Crippen molar-refractivity contribution in [2.75, 3.05) is 11.9 Å². The van der Waals surface area contributed by atoms with Crippen LogP contribution in [0.5, 0.6) is 0 Å². The number of imide groups is 1. The molecule has 0 radical (unpaired) electrons. The minimum absolute atomic E-state index is 0.0420. The van der Waals surface area contributed by atoms with Gasteiger partial charge >= 0.3 is 6.03 Å². The van der Waals surface area contributed by atoms with Gasteiger partial charge in [0, 0.05) is 10.7 Å². The molecule has 3 rings (SSSR count). The lowest BCUT2D eigenvalue weighted by Crippen LogP contribution is -2.54. The van der Waals surface area contributed by atoms with E-state index in [1.807, 2.05) is 0 Å². The fraction of sp³-hybridized carbons (Fsp3) is 0.526. The van der Waals surface area contributed by atoms with E-state index in [1.54, 1.807) is 24.3 Å². The highest BCUT2D eigenvalue weighted by molar-refractivity contribution is 6.30. The van der Waals surface area contributed by atoms with Gasteiger partial charge in [-0.2, -0.15) is 0 Å². The minimum Gasteiger partial charge on any atom is -0.324 e. The van der Waals surface area contributed by atoms with Crippen LogP contribution in [0.4, 0.5) is 10.5 Å². The van der Waals surface area contributed by atoms with E-state index < -0.39 is 17.5 Å². The summed E-state index contributed by atoms with van der Waals surface area (Å²) in [4.78, 5) is 38.7. The number of carbonyl (C=O) groups is 3.